The van der Waals surface area contributed by atoms with Crippen LogP contribution < -0.4 is 5.32 Å². The van der Waals surface area contributed by atoms with E-state index in [9.17, 15) is 4.79 Å². The molecule has 2 heterocycles. The van der Waals surface area contributed by atoms with E-state index >= 15 is 0 Å². The van der Waals surface area contributed by atoms with Crippen LogP contribution in [0.25, 0.3) is 17.3 Å². The maximum atomic E-state index is 12.8. The third kappa shape index (κ3) is 5.98. The topological polar surface area (TPSA) is 85.8 Å². The molecule has 7 heteroatoms. The Kier molecular flexibility index (Phi) is 7.52. The number of hydrogen-bond acceptors (Lipinski definition) is 5. The van der Waals surface area contributed by atoms with Gasteiger partial charge in [-0.1, -0.05) is 50.2 Å². The molecule has 0 saturated carbocycles. The molecule has 2 aromatic heterocycles. The monoisotopic (exact) mass is 457 g/mol. The highest BCUT2D eigenvalue weighted by molar-refractivity contribution is 5.94. The van der Waals surface area contributed by atoms with Gasteiger partial charge >= 0.3 is 0 Å². The number of nitrogens with zero attached hydrogens (tertiary/aromatic N) is 4. The minimum atomic E-state index is -0.0847. The fourth-order valence-corrected chi connectivity index (χ4v) is 3.78. The molecule has 0 spiro atoms. The van der Waals surface area contributed by atoms with Gasteiger partial charge in [-0.05, 0) is 61.4 Å². The molecule has 1 N–H and O–H groups in total. The molecule has 2 aromatic carbocycles. The van der Waals surface area contributed by atoms with Gasteiger partial charge < -0.3 is 9.73 Å². The Morgan fingerprint density at radius 3 is 2.59 bits per heavy atom. The molecule has 0 unspecified atom stereocenters. The summed E-state index contributed by atoms with van der Waals surface area (Å²) < 4.78 is 7.46. The fraction of sp³-hybridized carbons (Fsp3) is 0.333. The van der Waals surface area contributed by atoms with Crippen LogP contribution in [0.3, 0.4) is 0 Å². The van der Waals surface area contributed by atoms with E-state index in [4.69, 9.17) is 9.52 Å². The van der Waals surface area contributed by atoms with E-state index in [0.717, 1.165) is 37.1 Å². The first-order valence-electron chi connectivity index (χ1n) is 11.8. The quantitative estimate of drug-likeness (QED) is 0.332. The zero-order chi connectivity index (χ0) is 23.9. The summed E-state index contributed by atoms with van der Waals surface area (Å²) in [6.45, 7) is 6.78. The third-order valence-corrected chi connectivity index (χ3v) is 5.63. The summed E-state index contributed by atoms with van der Waals surface area (Å²) in [5, 5.41) is 15.8. The predicted molar refractivity (Wildman–Crippen MR) is 132 cm³/mol. The molecule has 7 nitrogen and oxygen atoms in total. The Morgan fingerprint density at radius 2 is 1.85 bits per heavy atom. The zero-order valence-corrected chi connectivity index (χ0v) is 20.0. The zero-order valence-electron chi connectivity index (χ0n) is 20.0. The highest BCUT2D eigenvalue weighted by Gasteiger charge is 2.17. The first kappa shape index (κ1) is 23.4. The minimum absolute atomic E-state index is 0.0847. The van der Waals surface area contributed by atoms with Gasteiger partial charge in [-0.2, -0.15) is 5.10 Å². The Morgan fingerprint density at radius 1 is 1.03 bits per heavy atom. The van der Waals surface area contributed by atoms with Crippen molar-refractivity contribution in [1.82, 2.24) is 25.3 Å². The molecule has 1 amide bonds. The number of carbonyl (C=O) groups excluding carboxylic acids is 1. The van der Waals surface area contributed by atoms with Gasteiger partial charge in [0, 0.05) is 24.7 Å². The van der Waals surface area contributed by atoms with Crippen LogP contribution in [0.4, 0.5) is 0 Å². The number of nitrogens with one attached hydrogen (secondary N) is 1. The summed E-state index contributed by atoms with van der Waals surface area (Å²) in [6.07, 6.45) is 3.70. The molecular formula is C27H31N5O2. The maximum Gasteiger partial charge on any atom is 0.268 e. The lowest BCUT2D eigenvalue weighted by Crippen LogP contribution is -2.25. The molecule has 34 heavy (non-hydrogen) atoms. The molecule has 176 valence electrons. The average Bonchev–Trinajstić information content (AvgIpc) is 3.47. The average molecular weight is 458 g/mol. The van der Waals surface area contributed by atoms with Crippen molar-refractivity contribution in [3.8, 4) is 17.3 Å². The third-order valence-electron chi connectivity index (χ3n) is 5.63. The highest BCUT2D eigenvalue weighted by atomic mass is 16.4. The number of aromatic nitrogens is 4. The summed E-state index contributed by atoms with van der Waals surface area (Å²) in [5.74, 6) is 1.37. The standard InChI is InChI=1S/C27H31N5O2/c1-19(2)14-15-24-18-25(27-30-29-20(3)34-27)31-32(24)23-13-7-12-22(17-23)26(33)28-16-8-11-21-9-5-4-6-10-21/h4-7,9-10,12-13,17-19H,8,11,14-16H2,1-3H3,(H,28,33). The van der Waals surface area contributed by atoms with Crippen LogP contribution >= 0.6 is 0 Å². The summed E-state index contributed by atoms with van der Waals surface area (Å²) >= 11 is 0. The van der Waals surface area contributed by atoms with Crippen molar-refractivity contribution in [2.75, 3.05) is 6.54 Å². The van der Waals surface area contributed by atoms with Crippen LogP contribution in [0.15, 0.2) is 65.1 Å². The molecule has 4 aromatic rings. The van der Waals surface area contributed by atoms with Crippen molar-refractivity contribution < 1.29 is 9.21 Å². The van der Waals surface area contributed by atoms with Crippen LogP contribution in [-0.2, 0) is 12.8 Å². The summed E-state index contributed by atoms with van der Waals surface area (Å²) in [7, 11) is 0. The molecule has 0 fully saturated rings. The molecule has 0 atom stereocenters. The van der Waals surface area contributed by atoms with Crippen molar-refractivity contribution in [2.24, 2.45) is 5.92 Å². The first-order chi connectivity index (χ1) is 16.5. The van der Waals surface area contributed by atoms with Crippen molar-refractivity contribution in [2.45, 2.75) is 46.5 Å². The van der Waals surface area contributed by atoms with Crippen LogP contribution in [0.5, 0.6) is 0 Å². The number of benzene rings is 2. The molecular weight excluding hydrogens is 426 g/mol. The normalized spacial score (nSPS) is 11.2. The van der Waals surface area contributed by atoms with Gasteiger partial charge in [0.05, 0.1) is 5.69 Å². The number of carbonyl (C=O) groups is 1. The van der Waals surface area contributed by atoms with Gasteiger partial charge in [0.15, 0.2) is 0 Å². The second kappa shape index (κ2) is 10.9. The van der Waals surface area contributed by atoms with Gasteiger partial charge in [0.2, 0.25) is 5.89 Å². The Hall–Kier alpha value is -3.74. The summed E-state index contributed by atoms with van der Waals surface area (Å²) in [6, 6.07) is 19.8. The SMILES string of the molecule is Cc1nnc(-c2cc(CCC(C)C)n(-c3cccc(C(=O)NCCCc4ccccc4)c3)n2)o1. The van der Waals surface area contributed by atoms with E-state index < -0.39 is 0 Å². The van der Waals surface area contributed by atoms with Gasteiger partial charge in [-0.15, -0.1) is 10.2 Å². The van der Waals surface area contributed by atoms with E-state index in [2.05, 4.69) is 41.5 Å². The van der Waals surface area contributed by atoms with Crippen molar-refractivity contribution in [3.05, 3.63) is 83.4 Å². The fourth-order valence-electron chi connectivity index (χ4n) is 3.78. The maximum absolute atomic E-state index is 12.8. The number of rotatable bonds is 10. The number of aryl methyl sites for hydroxylation is 3. The van der Waals surface area contributed by atoms with Crippen LogP contribution in [0.2, 0.25) is 0 Å². The van der Waals surface area contributed by atoms with Gasteiger partial charge in [-0.25, -0.2) is 4.68 Å². The molecule has 0 aliphatic heterocycles. The van der Waals surface area contributed by atoms with Crippen molar-refractivity contribution in [3.63, 3.8) is 0 Å². The molecule has 0 aliphatic carbocycles. The van der Waals surface area contributed by atoms with Crippen LogP contribution in [0.1, 0.15) is 54.2 Å². The minimum Gasteiger partial charge on any atom is -0.420 e. The Balaban J connectivity index is 1.49. The summed E-state index contributed by atoms with van der Waals surface area (Å²) in [5.41, 5.74) is 4.39. The van der Waals surface area contributed by atoms with E-state index in [-0.39, 0.29) is 5.91 Å². The molecule has 4 rings (SSSR count). The molecule has 0 saturated heterocycles. The van der Waals surface area contributed by atoms with E-state index in [1.54, 1.807) is 6.92 Å². The second-order valence-corrected chi connectivity index (χ2v) is 8.89. The van der Waals surface area contributed by atoms with Crippen molar-refractivity contribution in [1.29, 1.82) is 0 Å². The molecule has 0 bridgehead atoms. The van der Waals surface area contributed by atoms with E-state index in [1.807, 2.05) is 53.2 Å². The van der Waals surface area contributed by atoms with Crippen LogP contribution in [-0.4, -0.2) is 32.4 Å². The lowest BCUT2D eigenvalue weighted by molar-refractivity contribution is 0.0953. The van der Waals surface area contributed by atoms with E-state index in [0.29, 0.717) is 35.5 Å². The predicted octanol–water partition coefficient (Wildman–Crippen LogP) is 5.18. The first-order valence-corrected chi connectivity index (χ1v) is 11.8. The number of hydrogen-bond donors (Lipinski definition) is 1. The highest BCUT2D eigenvalue weighted by Crippen LogP contribution is 2.23. The second-order valence-electron chi connectivity index (χ2n) is 8.89. The van der Waals surface area contributed by atoms with E-state index in [1.165, 1.54) is 5.56 Å². The van der Waals surface area contributed by atoms with Gasteiger partial charge in [0.1, 0.15) is 5.69 Å². The molecule has 0 aliphatic rings. The Bertz CT molecular complexity index is 1230. The number of amides is 1. The summed E-state index contributed by atoms with van der Waals surface area (Å²) in [4.78, 5) is 12.8. The largest absolute Gasteiger partial charge is 0.420 e. The lowest BCUT2D eigenvalue weighted by Gasteiger charge is -2.11. The van der Waals surface area contributed by atoms with Gasteiger partial charge in [-0.3, -0.25) is 4.79 Å². The molecule has 0 radical (unpaired) electrons. The van der Waals surface area contributed by atoms with Crippen LogP contribution in [0, 0.1) is 12.8 Å². The smallest absolute Gasteiger partial charge is 0.268 e. The van der Waals surface area contributed by atoms with Gasteiger partial charge in [0.25, 0.3) is 11.8 Å². The lowest BCUT2D eigenvalue weighted by atomic mass is 10.1. The Labute approximate surface area is 200 Å². The van der Waals surface area contributed by atoms with Crippen molar-refractivity contribution >= 4 is 5.91 Å².